The van der Waals surface area contributed by atoms with Crippen molar-refractivity contribution in [3.05, 3.63) is 0 Å². The summed E-state index contributed by atoms with van der Waals surface area (Å²) in [6, 6.07) is 0. The van der Waals surface area contributed by atoms with Gasteiger partial charge in [-0.05, 0) is 0 Å². The molecular weight excluding hydrogens is 130 g/mol. The quantitative estimate of drug-likeness (QED) is 0.490. The molecule has 0 aliphatic carbocycles. The SMILES string of the molecule is O=C1CNCC2COCC12. The van der Waals surface area contributed by atoms with Crippen molar-refractivity contribution >= 4 is 5.78 Å². The molecule has 2 atom stereocenters. The highest BCUT2D eigenvalue weighted by molar-refractivity contribution is 5.84. The molecule has 2 rings (SSSR count). The second-order valence-electron chi connectivity index (χ2n) is 3.00. The second-order valence-corrected chi connectivity index (χ2v) is 3.00. The van der Waals surface area contributed by atoms with Crippen LogP contribution in [-0.2, 0) is 9.53 Å². The van der Waals surface area contributed by atoms with Gasteiger partial charge in [0.05, 0.1) is 19.8 Å². The van der Waals surface area contributed by atoms with Gasteiger partial charge in [-0.25, -0.2) is 0 Å². The summed E-state index contributed by atoms with van der Waals surface area (Å²) in [7, 11) is 0. The Morgan fingerprint density at radius 1 is 1.50 bits per heavy atom. The summed E-state index contributed by atoms with van der Waals surface area (Å²) < 4.78 is 5.20. The predicted octanol–water partition coefficient (Wildman–Crippen LogP) is -0.579. The molecule has 2 saturated heterocycles. The number of ether oxygens (including phenoxy) is 1. The maximum Gasteiger partial charge on any atom is 0.152 e. The van der Waals surface area contributed by atoms with Crippen molar-refractivity contribution in [1.82, 2.24) is 5.32 Å². The third-order valence-electron chi connectivity index (χ3n) is 2.32. The minimum atomic E-state index is 0.209. The molecule has 0 aromatic heterocycles. The highest BCUT2D eigenvalue weighted by Gasteiger charge is 2.35. The smallest absolute Gasteiger partial charge is 0.152 e. The highest BCUT2D eigenvalue weighted by atomic mass is 16.5. The first-order valence-electron chi connectivity index (χ1n) is 3.69. The molecule has 3 heteroatoms. The maximum absolute atomic E-state index is 11.1. The van der Waals surface area contributed by atoms with Gasteiger partial charge in [-0.3, -0.25) is 4.79 Å². The Morgan fingerprint density at radius 3 is 3.20 bits per heavy atom. The highest BCUT2D eigenvalue weighted by Crippen LogP contribution is 2.22. The van der Waals surface area contributed by atoms with Gasteiger partial charge >= 0.3 is 0 Å². The molecule has 56 valence electrons. The van der Waals surface area contributed by atoms with Gasteiger partial charge in [-0.15, -0.1) is 0 Å². The first kappa shape index (κ1) is 6.31. The van der Waals surface area contributed by atoms with E-state index in [1.807, 2.05) is 0 Å². The lowest BCUT2D eigenvalue weighted by atomic mass is 9.89. The molecule has 2 unspecified atom stereocenters. The van der Waals surface area contributed by atoms with Crippen molar-refractivity contribution in [3.8, 4) is 0 Å². The van der Waals surface area contributed by atoms with Crippen LogP contribution in [0, 0.1) is 11.8 Å². The first-order valence-corrected chi connectivity index (χ1v) is 3.69. The maximum atomic E-state index is 11.1. The molecule has 2 aliphatic rings. The van der Waals surface area contributed by atoms with Gasteiger partial charge in [0.2, 0.25) is 0 Å². The van der Waals surface area contributed by atoms with Crippen LogP contribution < -0.4 is 5.32 Å². The van der Waals surface area contributed by atoms with Gasteiger partial charge in [0, 0.05) is 18.4 Å². The number of piperidine rings is 1. The van der Waals surface area contributed by atoms with Crippen molar-refractivity contribution in [2.24, 2.45) is 11.8 Å². The van der Waals surface area contributed by atoms with Gasteiger partial charge in [-0.1, -0.05) is 0 Å². The zero-order chi connectivity index (χ0) is 6.97. The topological polar surface area (TPSA) is 38.3 Å². The van der Waals surface area contributed by atoms with E-state index in [9.17, 15) is 4.79 Å². The Bertz CT molecular complexity index is 158. The number of ketones is 1. The summed E-state index contributed by atoms with van der Waals surface area (Å²) in [5.74, 6) is 0.997. The molecule has 1 N–H and O–H groups in total. The first-order chi connectivity index (χ1) is 4.88. The van der Waals surface area contributed by atoms with E-state index in [-0.39, 0.29) is 5.92 Å². The Labute approximate surface area is 59.7 Å². The van der Waals surface area contributed by atoms with Crippen LogP contribution >= 0.6 is 0 Å². The normalized spacial score (nSPS) is 39.8. The van der Waals surface area contributed by atoms with Crippen molar-refractivity contribution < 1.29 is 9.53 Å². The van der Waals surface area contributed by atoms with Crippen molar-refractivity contribution in [2.75, 3.05) is 26.3 Å². The molecule has 2 fully saturated rings. The summed E-state index contributed by atoms with van der Waals surface area (Å²) in [6.07, 6.45) is 0. The van der Waals surface area contributed by atoms with E-state index in [1.54, 1.807) is 0 Å². The zero-order valence-corrected chi connectivity index (χ0v) is 5.80. The van der Waals surface area contributed by atoms with Crippen molar-refractivity contribution in [1.29, 1.82) is 0 Å². The number of fused-ring (bicyclic) bond motifs is 1. The van der Waals surface area contributed by atoms with Crippen molar-refractivity contribution in [3.63, 3.8) is 0 Å². The molecule has 0 amide bonds. The summed E-state index contributed by atoms with van der Waals surface area (Å²) >= 11 is 0. The van der Waals surface area contributed by atoms with E-state index in [0.29, 0.717) is 24.9 Å². The largest absolute Gasteiger partial charge is 0.380 e. The van der Waals surface area contributed by atoms with Crippen LogP contribution in [0.15, 0.2) is 0 Å². The zero-order valence-electron chi connectivity index (χ0n) is 5.80. The van der Waals surface area contributed by atoms with Crippen molar-refractivity contribution in [2.45, 2.75) is 0 Å². The number of hydrogen-bond acceptors (Lipinski definition) is 3. The molecule has 2 aliphatic heterocycles. The standard InChI is InChI=1S/C7H11NO2/c9-7-2-8-1-5-3-10-4-6(5)7/h5-6,8H,1-4H2. The number of nitrogens with one attached hydrogen (secondary N) is 1. The Kier molecular flexibility index (Phi) is 1.47. The third-order valence-corrected chi connectivity index (χ3v) is 2.32. The monoisotopic (exact) mass is 141 g/mol. The molecule has 2 heterocycles. The van der Waals surface area contributed by atoms with Crippen LogP contribution in [0.2, 0.25) is 0 Å². The van der Waals surface area contributed by atoms with E-state index in [4.69, 9.17) is 4.74 Å². The predicted molar refractivity (Wildman–Crippen MR) is 35.7 cm³/mol. The van der Waals surface area contributed by atoms with E-state index >= 15 is 0 Å². The van der Waals surface area contributed by atoms with Crippen LogP contribution in [0.5, 0.6) is 0 Å². The Hall–Kier alpha value is -0.410. The van der Waals surface area contributed by atoms with E-state index < -0.39 is 0 Å². The number of carbonyl (C=O) groups is 1. The van der Waals surface area contributed by atoms with Crippen LogP contribution in [0.1, 0.15) is 0 Å². The van der Waals surface area contributed by atoms with Crippen LogP contribution in [0.3, 0.4) is 0 Å². The lowest BCUT2D eigenvalue weighted by Gasteiger charge is -2.22. The average molecular weight is 141 g/mol. The summed E-state index contributed by atoms with van der Waals surface area (Å²) in [6.45, 7) is 2.93. The fourth-order valence-electron chi connectivity index (χ4n) is 1.67. The van der Waals surface area contributed by atoms with Crippen LogP contribution in [0.25, 0.3) is 0 Å². The number of carbonyl (C=O) groups excluding carboxylic acids is 1. The summed E-state index contributed by atoms with van der Waals surface area (Å²) in [4.78, 5) is 11.1. The van der Waals surface area contributed by atoms with Gasteiger partial charge in [-0.2, -0.15) is 0 Å². The van der Waals surface area contributed by atoms with E-state index in [0.717, 1.165) is 13.2 Å². The number of Topliss-reactive ketones (excluding diaryl/α,β-unsaturated/α-hetero) is 1. The summed E-state index contributed by atoms with van der Waals surface area (Å²) in [5.41, 5.74) is 0. The van der Waals surface area contributed by atoms with Gasteiger partial charge in [0.1, 0.15) is 0 Å². The molecule has 0 aromatic carbocycles. The molecule has 0 aromatic rings. The second kappa shape index (κ2) is 2.32. The number of rotatable bonds is 0. The summed E-state index contributed by atoms with van der Waals surface area (Å²) in [5, 5.41) is 3.08. The van der Waals surface area contributed by atoms with Crippen LogP contribution in [-0.4, -0.2) is 32.1 Å². The molecule has 0 spiro atoms. The third kappa shape index (κ3) is 0.859. The minimum Gasteiger partial charge on any atom is -0.380 e. The molecular formula is C7H11NO2. The average Bonchev–Trinajstić information content (AvgIpc) is 2.36. The molecule has 3 nitrogen and oxygen atoms in total. The molecule has 0 radical (unpaired) electrons. The lowest BCUT2D eigenvalue weighted by Crippen LogP contribution is -2.43. The number of hydrogen-bond donors (Lipinski definition) is 1. The fraction of sp³-hybridized carbons (Fsp3) is 0.857. The minimum absolute atomic E-state index is 0.209. The Balaban J connectivity index is 2.10. The van der Waals surface area contributed by atoms with Crippen LogP contribution in [0.4, 0.5) is 0 Å². The van der Waals surface area contributed by atoms with Gasteiger partial charge in [0.15, 0.2) is 5.78 Å². The lowest BCUT2D eigenvalue weighted by molar-refractivity contribution is -0.124. The molecule has 0 bridgehead atoms. The fourth-order valence-corrected chi connectivity index (χ4v) is 1.67. The Morgan fingerprint density at radius 2 is 2.40 bits per heavy atom. The van der Waals surface area contributed by atoms with E-state index in [1.165, 1.54) is 0 Å². The molecule has 10 heavy (non-hydrogen) atoms. The van der Waals surface area contributed by atoms with Gasteiger partial charge in [0.25, 0.3) is 0 Å². The van der Waals surface area contributed by atoms with Gasteiger partial charge < -0.3 is 10.1 Å². The van der Waals surface area contributed by atoms with E-state index in [2.05, 4.69) is 5.32 Å². The molecule has 0 saturated carbocycles.